The van der Waals surface area contributed by atoms with Gasteiger partial charge in [0.2, 0.25) is 5.91 Å². The van der Waals surface area contributed by atoms with Crippen molar-refractivity contribution in [2.45, 2.75) is 78.1 Å². The molecular formula is C24H38N4O2. The van der Waals surface area contributed by atoms with Gasteiger partial charge in [-0.2, -0.15) is 0 Å². The fourth-order valence-electron chi connectivity index (χ4n) is 4.26. The first-order valence-electron chi connectivity index (χ1n) is 11.4. The van der Waals surface area contributed by atoms with Gasteiger partial charge >= 0.3 is 0 Å². The summed E-state index contributed by atoms with van der Waals surface area (Å²) in [5.74, 6) is 1.09. The number of nitrogens with one attached hydrogen (secondary N) is 2. The third kappa shape index (κ3) is 5.54. The summed E-state index contributed by atoms with van der Waals surface area (Å²) in [6.45, 7) is 9.85. The van der Waals surface area contributed by atoms with Crippen LogP contribution in [-0.4, -0.2) is 49.1 Å². The first kappa shape index (κ1) is 22.6. The predicted octanol–water partition coefficient (Wildman–Crippen LogP) is 3.46. The van der Waals surface area contributed by atoms with Crippen LogP contribution in [0, 0.1) is 5.41 Å². The molecule has 3 rings (SSSR count). The molecule has 2 atom stereocenters. The number of nitrogens with zero attached hydrogens (tertiary/aromatic N) is 2. The number of rotatable bonds is 9. The summed E-state index contributed by atoms with van der Waals surface area (Å²) < 4.78 is 6.06. The molecule has 2 N–H and O–H groups in total. The quantitative estimate of drug-likeness (QED) is 0.369. The highest BCUT2D eigenvalue weighted by Gasteiger charge is 2.49. The molecule has 0 bridgehead atoms. The minimum atomic E-state index is 0.0908. The van der Waals surface area contributed by atoms with E-state index in [4.69, 9.17) is 4.74 Å². The normalized spacial score (nSPS) is 23.4. The predicted molar refractivity (Wildman–Crippen MR) is 121 cm³/mol. The number of carbonyl (C=O) groups excluding carboxylic acids is 1. The second kappa shape index (κ2) is 10.3. The Kier molecular flexibility index (Phi) is 7.75. The first-order valence-corrected chi connectivity index (χ1v) is 11.4. The van der Waals surface area contributed by atoms with Crippen LogP contribution in [0.2, 0.25) is 0 Å². The highest BCUT2D eigenvalue weighted by Crippen LogP contribution is 2.42. The van der Waals surface area contributed by atoms with E-state index in [1.807, 2.05) is 11.9 Å². The van der Waals surface area contributed by atoms with Crippen LogP contribution in [0.5, 0.6) is 0 Å². The average Bonchev–Trinajstić information content (AvgIpc) is 3.13. The van der Waals surface area contributed by atoms with Gasteiger partial charge in [-0.1, -0.05) is 51.5 Å². The summed E-state index contributed by atoms with van der Waals surface area (Å²) in [6, 6.07) is 8.80. The lowest BCUT2D eigenvalue weighted by Gasteiger charge is -2.52. The van der Waals surface area contributed by atoms with Crippen molar-refractivity contribution in [1.29, 1.82) is 0 Å². The van der Waals surface area contributed by atoms with Crippen LogP contribution in [0.4, 0.5) is 0 Å². The van der Waals surface area contributed by atoms with Crippen LogP contribution in [0.3, 0.4) is 0 Å². The SMILES string of the molecule is CCCCOC1CC(NC(=NC)NCc2cccc(CN3CCCC3=O)c2)C1(C)C. The Morgan fingerprint density at radius 1 is 1.33 bits per heavy atom. The molecule has 0 radical (unpaired) electrons. The summed E-state index contributed by atoms with van der Waals surface area (Å²) >= 11 is 0. The second-order valence-corrected chi connectivity index (χ2v) is 9.13. The number of likely N-dealkylation sites (tertiary alicyclic amines) is 1. The average molecular weight is 415 g/mol. The van der Waals surface area contributed by atoms with Crippen LogP contribution in [0.1, 0.15) is 64.0 Å². The number of ether oxygens (including phenoxy) is 1. The standard InChI is InChI=1S/C24H38N4O2/c1-5-6-13-30-21-15-20(24(21,2)3)27-23(25-4)26-16-18-9-7-10-19(14-18)17-28-12-8-11-22(28)29/h7,9-10,14,20-21H,5-6,8,11-13,15-17H2,1-4H3,(H2,25,26,27). The highest BCUT2D eigenvalue weighted by molar-refractivity contribution is 5.80. The van der Waals surface area contributed by atoms with E-state index in [0.29, 0.717) is 31.7 Å². The Labute approximate surface area is 181 Å². The first-order chi connectivity index (χ1) is 14.4. The monoisotopic (exact) mass is 414 g/mol. The molecule has 1 aliphatic heterocycles. The molecule has 1 aliphatic carbocycles. The summed E-state index contributed by atoms with van der Waals surface area (Å²) in [7, 11) is 1.81. The van der Waals surface area contributed by atoms with Gasteiger partial charge in [-0.3, -0.25) is 9.79 Å². The molecule has 2 aliphatic rings. The van der Waals surface area contributed by atoms with E-state index in [2.05, 4.69) is 60.7 Å². The Hall–Kier alpha value is -2.08. The van der Waals surface area contributed by atoms with Gasteiger partial charge in [-0.15, -0.1) is 0 Å². The summed E-state index contributed by atoms with van der Waals surface area (Å²) in [6.07, 6.45) is 5.27. The zero-order chi connectivity index (χ0) is 21.6. The maximum absolute atomic E-state index is 11.9. The maximum atomic E-state index is 11.9. The Balaban J connectivity index is 1.48. The number of carbonyl (C=O) groups is 1. The molecule has 0 spiro atoms. The zero-order valence-electron chi connectivity index (χ0n) is 19.0. The van der Waals surface area contributed by atoms with Crippen molar-refractivity contribution < 1.29 is 9.53 Å². The molecule has 1 saturated heterocycles. The van der Waals surface area contributed by atoms with Crippen molar-refractivity contribution in [3.63, 3.8) is 0 Å². The minimum Gasteiger partial charge on any atom is -0.378 e. The van der Waals surface area contributed by atoms with E-state index >= 15 is 0 Å². The molecule has 1 heterocycles. The number of aliphatic imine (C=N–C) groups is 1. The van der Waals surface area contributed by atoms with Crippen molar-refractivity contribution in [2.75, 3.05) is 20.2 Å². The smallest absolute Gasteiger partial charge is 0.222 e. The molecule has 166 valence electrons. The Morgan fingerprint density at radius 2 is 2.13 bits per heavy atom. The zero-order valence-corrected chi connectivity index (χ0v) is 19.0. The molecule has 2 fully saturated rings. The highest BCUT2D eigenvalue weighted by atomic mass is 16.5. The number of guanidine groups is 1. The van der Waals surface area contributed by atoms with E-state index in [-0.39, 0.29) is 11.3 Å². The number of benzene rings is 1. The molecule has 1 aromatic carbocycles. The van der Waals surface area contributed by atoms with E-state index in [1.54, 1.807) is 0 Å². The molecule has 1 aromatic rings. The molecule has 0 aromatic heterocycles. The summed E-state index contributed by atoms with van der Waals surface area (Å²) in [5, 5.41) is 7.01. The van der Waals surface area contributed by atoms with Crippen molar-refractivity contribution in [3.05, 3.63) is 35.4 Å². The molecule has 6 nitrogen and oxygen atoms in total. The van der Waals surface area contributed by atoms with Gasteiger partial charge in [0.05, 0.1) is 6.10 Å². The molecule has 1 saturated carbocycles. The number of hydrogen-bond donors (Lipinski definition) is 2. The van der Waals surface area contributed by atoms with E-state index in [0.717, 1.165) is 38.4 Å². The number of amides is 1. The van der Waals surface area contributed by atoms with Crippen LogP contribution in [0.25, 0.3) is 0 Å². The van der Waals surface area contributed by atoms with Crippen LogP contribution >= 0.6 is 0 Å². The number of unbranched alkanes of at least 4 members (excludes halogenated alkanes) is 1. The van der Waals surface area contributed by atoms with E-state index < -0.39 is 0 Å². The second-order valence-electron chi connectivity index (χ2n) is 9.13. The van der Waals surface area contributed by atoms with Crippen molar-refractivity contribution in [1.82, 2.24) is 15.5 Å². The molecule has 2 unspecified atom stereocenters. The van der Waals surface area contributed by atoms with Crippen molar-refractivity contribution in [2.24, 2.45) is 10.4 Å². The Bertz CT molecular complexity index is 746. The van der Waals surface area contributed by atoms with Crippen LogP contribution in [0.15, 0.2) is 29.3 Å². The molecule has 30 heavy (non-hydrogen) atoms. The number of hydrogen-bond acceptors (Lipinski definition) is 3. The fraction of sp³-hybridized carbons (Fsp3) is 0.667. The van der Waals surface area contributed by atoms with E-state index in [1.165, 1.54) is 17.5 Å². The van der Waals surface area contributed by atoms with Crippen molar-refractivity contribution >= 4 is 11.9 Å². The van der Waals surface area contributed by atoms with E-state index in [9.17, 15) is 4.79 Å². The largest absolute Gasteiger partial charge is 0.378 e. The lowest BCUT2D eigenvalue weighted by molar-refractivity contribution is -0.128. The topological polar surface area (TPSA) is 66.0 Å². The summed E-state index contributed by atoms with van der Waals surface area (Å²) in [4.78, 5) is 18.2. The van der Waals surface area contributed by atoms with Gasteiger partial charge < -0.3 is 20.3 Å². The summed E-state index contributed by atoms with van der Waals surface area (Å²) in [5.41, 5.74) is 2.46. The van der Waals surface area contributed by atoms with Gasteiger partial charge in [-0.25, -0.2) is 0 Å². The van der Waals surface area contributed by atoms with Crippen LogP contribution in [-0.2, 0) is 22.6 Å². The Morgan fingerprint density at radius 3 is 2.80 bits per heavy atom. The van der Waals surface area contributed by atoms with Gasteiger partial charge in [-0.05, 0) is 30.4 Å². The third-order valence-corrected chi connectivity index (χ3v) is 6.53. The lowest BCUT2D eigenvalue weighted by Crippen LogP contribution is -2.63. The lowest BCUT2D eigenvalue weighted by atomic mass is 9.64. The van der Waals surface area contributed by atoms with Crippen LogP contribution < -0.4 is 10.6 Å². The molecular weight excluding hydrogens is 376 g/mol. The van der Waals surface area contributed by atoms with Gasteiger partial charge in [0.1, 0.15) is 0 Å². The van der Waals surface area contributed by atoms with Crippen molar-refractivity contribution in [3.8, 4) is 0 Å². The molecule has 1 amide bonds. The minimum absolute atomic E-state index is 0.0908. The fourth-order valence-corrected chi connectivity index (χ4v) is 4.26. The maximum Gasteiger partial charge on any atom is 0.222 e. The molecule has 6 heteroatoms. The van der Waals surface area contributed by atoms with Gasteiger partial charge in [0.25, 0.3) is 0 Å². The van der Waals surface area contributed by atoms with Gasteiger partial charge in [0, 0.05) is 51.2 Å². The van der Waals surface area contributed by atoms with Gasteiger partial charge in [0.15, 0.2) is 5.96 Å². The third-order valence-electron chi connectivity index (χ3n) is 6.53.